The van der Waals surface area contributed by atoms with Gasteiger partial charge in [-0.25, -0.2) is 0 Å². The van der Waals surface area contributed by atoms with Gasteiger partial charge in [0, 0.05) is 6.42 Å². The van der Waals surface area contributed by atoms with Crippen LogP contribution in [0.4, 0.5) is 0 Å². The third-order valence-electron chi connectivity index (χ3n) is 7.70. The number of nitrogens with one attached hydrogen (secondary N) is 5. The second kappa shape index (κ2) is 20.5. The van der Waals surface area contributed by atoms with Crippen LogP contribution in [0.5, 0.6) is 5.75 Å². The van der Waals surface area contributed by atoms with E-state index in [-0.39, 0.29) is 25.0 Å². The van der Waals surface area contributed by atoms with Crippen LogP contribution in [0.2, 0.25) is 0 Å². The van der Waals surface area contributed by atoms with Crippen LogP contribution in [-0.4, -0.2) is 89.0 Å². The number of hydrogen-bond acceptors (Lipinski definition) is 9. The van der Waals surface area contributed by atoms with E-state index >= 15 is 0 Å². The average Bonchev–Trinajstić information content (AvgIpc) is 3.60. The summed E-state index contributed by atoms with van der Waals surface area (Å²) in [4.78, 5) is 77.2. The quantitative estimate of drug-likeness (QED) is 0.0756. The zero-order chi connectivity index (χ0) is 35.6. The Morgan fingerprint density at radius 2 is 1.15 bits per heavy atom. The molecule has 0 bridgehead atoms. The number of rotatable bonds is 21. The molecule has 0 aromatic heterocycles. The monoisotopic (exact) mass is 671 g/mol. The smallest absolute Gasteiger partial charge is 0.325 e. The highest BCUT2D eigenvalue weighted by Gasteiger charge is 2.31. The summed E-state index contributed by atoms with van der Waals surface area (Å²) in [6.45, 7) is 3.38. The van der Waals surface area contributed by atoms with Gasteiger partial charge in [-0.1, -0.05) is 36.4 Å². The summed E-state index contributed by atoms with van der Waals surface area (Å²) < 4.78 is 0. The number of carboxylic acids is 1. The molecule has 0 unspecified atom stereocenters. The van der Waals surface area contributed by atoms with Gasteiger partial charge in [-0.3, -0.25) is 28.8 Å². The normalized spacial score (nSPS) is 15.4. The number of phenols is 1. The molecule has 5 atom stereocenters. The molecule has 0 heterocycles. The number of amides is 5. The number of benzene rings is 1. The van der Waals surface area contributed by atoms with Crippen molar-refractivity contribution in [3.8, 4) is 5.75 Å². The maximum Gasteiger partial charge on any atom is 0.325 e. The van der Waals surface area contributed by atoms with E-state index in [9.17, 15) is 33.9 Å². The molecule has 0 saturated heterocycles. The Morgan fingerprint density at radius 1 is 0.667 bits per heavy atom. The van der Waals surface area contributed by atoms with Crippen molar-refractivity contribution in [3.63, 3.8) is 0 Å². The summed E-state index contributed by atoms with van der Waals surface area (Å²) >= 11 is 0. The lowest BCUT2D eigenvalue weighted by Gasteiger charge is -2.26. The van der Waals surface area contributed by atoms with Crippen LogP contribution >= 0.6 is 0 Å². The Kier molecular flexibility index (Phi) is 16.8. The lowest BCUT2D eigenvalue weighted by Crippen LogP contribution is -2.58. The zero-order valence-corrected chi connectivity index (χ0v) is 27.4. The van der Waals surface area contributed by atoms with Crippen LogP contribution in [0.3, 0.4) is 0 Å². The maximum absolute atomic E-state index is 13.7. The Morgan fingerprint density at radius 3 is 1.65 bits per heavy atom. The number of allylic oxidation sites excluding steroid dienone is 2. The highest BCUT2D eigenvalue weighted by atomic mass is 16.4. The summed E-state index contributed by atoms with van der Waals surface area (Å²) in [5, 5.41) is 31.8. The number of unbranched alkanes of at least 4 members (excludes halogenated alkanes) is 2. The third-order valence-corrected chi connectivity index (χ3v) is 7.70. The molecule has 1 aromatic carbocycles. The predicted molar refractivity (Wildman–Crippen MR) is 178 cm³/mol. The Bertz CT molecular complexity index is 1310. The second-order valence-electron chi connectivity index (χ2n) is 11.7. The van der Waals surface area contributed by atoms with Crippen LogP contribution in [0.25, 0.3) is 0 Å². The lowest BCUT2D eigenvalue weighted by atomic mass is 10.0. The van der Waals surface area contributed by atoms with Gasteiger partial charge in [0.15, 0.2) is 0 Å². The van der Waals surface area contributed by atoms with Gasteiger partial charge in [0.25, 0.3) is 0 Å². The van der Waals surface area contributed by atoms with Crippen molar-refractivity contribution in [2.24, 2.45) is 17.4 Å². The summed E-state index contributed by atoms with van der Waals surface area (Å²) in [6.07, 6.45) is 9.32. The van der Waals surface area contributed by atoms with Gasteiger partial charge in [0.05, 0.1) is 5.92 Å². The highest BCUT2D eigenvalue weighted by Crippen LogP contribution is 2.14. The van der Waals surface area contributed by atoms with Crippen molar-refractivity contribution in [2.75, 3.05) is 13.1 Å². The maximum atomic E-state index is 13.7. The summed E-state index contributed by atoms with van der Waals surface area (Å²) in [5.74, 6) is -4.84. The minimum atomic E-state index is -1.24. The van der Waals surface area contributed by atoms with Crippen molar-refractivity contribution in [1.82, 2.24) is 26.6 Å². The standard InChI is InChI=1S/C33H49N7O8/c1-20(28(42)37-21(2)33(47)48)36-30(44)25(11-5-7-17-34)38-31(45)26(12-6-8-18-35)39-32(46)27(19-22-13-15-24(41)16-14-22)40-29(43)23-9-3-4-10-23/h3-4,9-10,13-16,20-21,23,25-27,41H,5-8,11-12,17-19,34-35H2,1-2H3,(H,36,44)(H,37,42)(H,38,45)(H,39,46)(H,40,43)(H,47,48)/t20-,21-,25-,26-,27-/m0/s1. The zero-order valence-electron chi connectivity index (χ0n) is 27.4. The van der Waals surface area contributed by atoms with Crippen LogP contribution in [0.15, 0.2) is 48.6 Å². The molecule has 48 heavy (non-hydrogen) atoms. The average molecular weight is 672 g/mol. The molecule has 1 aliphatic carbocycles. The van der Waals surface area contributed by atoms with Gasteiger partial charge in [-0.2, -0.15) is 0 Å². The molecule has 0 spiro atoms. The summed E-state index contributed by atoms with van der Waals surface area (Å²) in [7, 11) is 0. The molecule has 0 fully saturated rings. The van der Waals surface area contributed by atoms with Gasteiger partial charge in [-0.05, 0) is 83.2 Å². The molecule has 2 rings (SSSR count). The van der Waals surface area contributed by atoms with E-state index in [1.54, 1.807) is 36.4 Å². The second-order valence-corrected chi connectivity index (χ2v) is 11.7. The molecule has 1 aliphatic rings. The van der Waals surface area contributed by atoms with Crippen LogP contribution in [0, 0.1) is 5.92 Å². The van der Waals surface area contributed by atoms with E-state index < -0.39 is 71.6 Å². The van der Waals surface area contributed by atoms with E-state index in [4.69, 9.17) is 16.6 Å². The molecule has 264 valence electrons. The number of carboxylic acid groups (broad SMARTS) is 1. The molecule has 0 radical (unpaired) electrons. The first-order valence-electron chi connectivity index (χ1n) is 16.1. The molecule has 1 aromatic rings. The van der Waals surface area contributed by atoms with Gasteiger partial charge >= 0.3 is 5.97 Å². The molecular formula is C33H49N7O8. The van der Waals surface area contributed by atoms with E-state index in [0.29, 0.717) is 44.3 Å². The molecule has 5 amide bonds. The van der Waals surface area contributed by atoms with E-state index in [1.165, 1.54) is 26.0 Å². The molecule has 15 heteroatoms. The number of aromatic hydroxyl groups is 1. The lowest BCUT2D eigenvalue weighted by molar-refractivity contribution is -0.141. The molecular weight excluding hydrogens is 622 g/mol. The fourth-order valence-electron chi connectivity index (χ4n) is 4.80. The Hall–Kier alpha value is -4.76. The number of hydrogen-bond donors (Lipinski definition) is 9. The van der Waals surface area contributed by atoms with Gasteiger partial charge < -0.3 is 48.3 Å². The van der Waals surface area contributed by atoms with Crippen LogP contribution < -0.4 is 38.1 Å². The van der Waals surface area contributed by atoms with Crippen LogP contribution in [-0.2, 0) is 35.2 Å². The van der Waals surface area contributed by atoms with Gasteiger partial charge in [-0.15, -0.1) is 0 Å². The SMILES string of the molecule is C[C@H](NC(=O)[C@H](C)NC(=O)[C@H](CCCCN)NC(=O)[C@H](CCCCN)NC(=O)[C@H](Cc1ccc(O)cc1)NC(=O)C1C=CC=C1)C(=O)O. The number of carbonyl (C=O) groups excluding carboxylic acids is 5. The first-order chi connectivity index (χ1) is 22.9. The largest absolute Gasteiger partial charge is 0.508 e. The van der Waals surface area contributed by atoms with E-state index in [1.807, 2.05) is 0 Å². The van der Waals surface area contributed by atoms with Gasteiger partial charge in [0.1, 0.15) is 36.0 Å². The number of phenolic OH excluding ortho intramolecular Hbond substituents is 1. The molecule has 15 nitrogen and oxygen atoms in total. The van der Waals surface area contributed by atoms with Gasteiger partial charge in [0.2, 0.25) is 29.5 Å². The third kappa shape index (κ3) is 13.5. The molecule has 0 saturated carbocycles. The predicted octanol–water partition coefficient (Wildman–Crippen LogP) is -0.517. The van der Waals surface area contributed by atoms with Crippen molar-refractivity contribution in [2.45, 2.75) is 89.0 Å². The molecule has 11 N–H and O–H groups in total. The van der Waals surface area contributed by atoms with Crippen molar-refractivity contribution >= 4 is 35.5 Å². The minimum absolute atomic E-state index is 0.0385. The minimum Gasteiger partial charge on any atom is -0.508 e. The Labute approximate surface area is 280 Å². The number of aliphatic carboxylic acids is 1. The number of carbonyl (C=O) groups is 6. The fourth-order valence-corrected chi connectivity index (χ4v) is 4.80. The first kappa shape index (κ1) is 39.4. The van der Waals surface area contributed by atoms with E-state index in [2.05, 4.69) is 26.6 Å². The molecule has 0 aliphatic heterocycles. The Balaban J connectivity index is 2.24. The summed E-state index contributed by atoms with van der Waals surface area (Å²) in [6, 6.07) is 0.606. The van der Waals surface area contributed by atoms with Crippen molar-refractivity contribution in [1.29, 1.82) is 0 Å². The van der Waals surface area contributed by atoms with Crippen LogP contribution in [0.1, 0.15) is 57.9 Å². The number of nitrogens with two attached hydrogens (primary N) is 2. The topological polar surface area (TPSA) is 255 Å². The van der Waals surface area contributed by atoms with Crippen molar-refractivity contribution < 1.29 is 39.0 Å². The first-order valence-corrected chi connectivity index (χ1v) is 16.1. The fraction of sp³-hybridized carbons (Fsp3) is 0.515. The van der Waals surface area contributed by atoms with Crippen molar-refractivity contribution in [3.05, 3.63) is 54.1 Å². The highest BCUT2D eigenvalue weighted by molar-refractivity contribution is 5.96. The van der Waals surface area contributed by atoms with E-state index in [0.717, 1.165) is 0 Å². The summed E-state index contributed by atoms with van der Waals surface area (Å²) in [5.41, 5.74) is 11.9.